The molecule has 0 saturated carbocycles. The molecule has 0 spiro atoms. The maximum Gasteiger partial charge on any atom is 0.227 e. The number of hydrogen-bond donors (Lipinski definition) is 0. The Balaban J connectivity index is 1.73. The van der Waals surface area contributed by atoms with Crippen molar-refractivity contribution in [3.63, 3.8) is 0 Å². The van der Waals surface area contributed by atoms with E-state index in [0.29, 0.717) is 6.42 Å². The van der Waals surface area contributed by atoms with E-state index in [-0.39, 0.29) is 11.9 Å². The number of benzene rings is 1. The number of fused-ring (bicyclic) bond motifs is 1. The average molecular weight is 350 g/mol. The van der Waals surface area contributed by atoms with Crippen LogP contribution in [0, 0.1) is 0 Å². The van der Waals surface area contributed by atoms with Crippen molar-refractivity contribution in [1.82, 2.24) is 4.90 Å². The van der Waals surface area contributed by atoms with Gasteiger partial charge in [-0.3, -0.25) is 4.79 Å². The summed E-state index contributed by atoms with van der Waals surface area (Å²) in [6.07, 6.45) is 1.47. The molecule has 1 aliphatic rings. The highest BCUT2D eigenvalue weighted by Crippen LogP contribution is 2.33. The molecular formula is C16H16BrNOS. The first-order valence-electron chi connectivity index (χ1n) is 6.75. The third-order valence-electron chi connectivity index (χ3n) is 3.87. The first-order chi connectivity index (χ1) is 9.65. The summed E-state index contributed by atoms with van der Waals surface area (Å²) < 4.78 is 1.04. The van der Waals surface area contributed by atoms with Gasteiger partial charge < -0.3 is 4.90 Å². The predicted octanol–water partition coefficient (Wildman–Crippen LogP) is 4.20. The SMILES string of the molecule is CC1c2ccsc2CCN1C(=O)Cc1ccc(Br)cc1. The molecule has 1 atom stereocenters. The minimum Gasteiger partial charge on any atom is -0.335 e. The van der Waals surface area contributed by atoms with Crippen molar-refractivity contribution in [3.05, 3.63) is 56.2 Å². The fourth-order valence-corrected chi connectivity index (χ4v) is 3.96. The van der Waals surface area contributed by atoms with Gasteiger partial charge in [-0.15, -0.1) is 11.3 Å². The summed E-state index contributed by atoms with van der Waals surface area (Å²) in [6.45, 7) is 2.97. The second-order valence-corrected chi connectivity index (χ2v) is 7.03. The van der Waals surface area contributed by atoms with Gasteiger partial charge in [0.15, 0.2) is 0 Å². The summed E-state index contributed by atoms with van der Waals surface area (Å²) in [4.78, 5) is 16.0. The molecule has 2 nitrogen and oxygen atoms in total. The summed E-state index contributed by atoms with van der Waals surface area (Å²) in [5.74, 6) is 0.219. The number of nitrogens with zero attached hydrogens (tertiary/aromatic N) is 1. The van der Waals surface area contributed by atoms with Crippen molar-refractivity contribution in [3.8, 4) is 0 Å². The van der Waals surface area contributed by atoms with Crippen molar-refractivity contribution >= 4 is 33.2 Å². The van der Waals surface area contributed by atoms with Gasteiger partial charge in [-0.05, 0) is 48.1 Å². The fourth-order valence-electron chi connectivity index (χ4n) is 2.73. The molecule has 2 heterocycles. The van der Waals surface area contributed by atoms with E-state index in [2.05, 4.69) is 34.3 Å². The molecule has 0 saturated heterocycles. The Morgan fingerprint density at radius 2 is 2.10 bits per heavy atom. The number of thiophene rings is 1. The Morgan fingerprint density at radius 3 is 2.85 bits per heavy atom. The molecule has 1 aliphatic heterocycles. The number of carbonyl (C=O) groups excluding carboxylic acids is 1. The lowest BCUT2D eigenvalue weighted by Crippen LogP contribution is -2.39. The Labute approximate surface area is 131 Å². The molecule has 0 N–H and O–H groups in total. The maximum atomic E-state index is 12.5. The van der Waals surface area contributed by atoms with Crippen LogP contribution in [0.3, 0.4) is 0 Å². The zero-order valence-electron chi connectivity index (χ0n) is 11.3. The van der Waals surface area contributed by atoms with Crippen LogP contribution in [0.1, 0.15) is 29.0 Å². The van der Waals surface area contributed by atoms with Crippen LogP contribution in [0.15, 0.2) is 40.2 Å². The van der Waals surface area contributed by atoms with E-state index >= 15 is 0 Å². The van der Waals surface area contributed by atoms with Crippen molar-refractivity contribution in [2.24, 2.45) is 0 Å². The highest BCUT2D eigenvalue weighted by atomic mass is 79.9. The Hall–Kier alpha value is -1.13. The summed E-state index contributed by atoms with van der Waals surface area (Å²) in [5, 5.41) is 2.13. The molecule has 1 amide bonds. The Morgan fingerprint density at radius 1 is 1.35 bits per heavy atom. The van der Waals surface area contributed by atoms with Gasteiger partial charge in [-0.25, -0.2) is 0 Å². The maximum absolute atomic E-state index is 12.5. The van der Waals surface area contributed by atoms with Crippen LogP contribution in [0.25, 0.3) is 0 Å². The average Bonchev–Trinajstić information content (AvgIpc) is 2.91. The monoisotopic (exact) mass is 349 g/mol. The second-order valence-electron chi connectivity index (χ2n) is 5.12. The highest BCUT2D eigenvalue weighted by Gasteiger charge is 2.27. The molecule has 4 heteroatoms. The molecule has 0 radical (unpaired) electrons. The Bertz CT molecular complexity index is 620. The zero-order valence-corrected chi connectivity index (χ0v) is 13.7. The molecule has 1 unspecified atom stereocenters. The van der Waals surface area contributed by atoms with Gasteiger partial charge in [-0.2, -0.15) is 0 Å². The smallest absolute Gasteiger partial charge is 0.227 e. The molecule has 1 aromatic carbocycles. The topological polar surface area (TPSA) is 20.3 Å². The van der Waals surface area contributed by atoms with Gasteiger partial charge >= 0.3 is 0 Å². The van der Waals surface area contributed by atoms with E-state index in [1.165, 1.54) is 10.4 Å². The standard InChI is InChI=1S/C16H16BrNOS/c1-11-14-7-9-20-15(14)6-8-18(11)16(19)10-12-2-4-13(17)5-3-12/h2-5,7,9,11H,6,8,10H2,1H3. The minimum absolute atomic E-state index is 0.202. The van der Waals surface area contributed by atoms with Gasteiger partial charge in [-0.1, -0.05) is 28.1 Å². The first kappa shape index (κ1) is 13.8. The van der Waals surface area contributed by atoms with Crippen LogP contribution in [0.4, 0.5) is 0 Å². The molecule has 2 aromatic rings. The summed E-state index contributed by atoms with van der Waals surface area (Å²) in [5.41, 5.74) is 2.40. The number of rotatable bonds is 2. The molecule has 0 bridgehead atoms. The molecule has 104 valence electrons. The van der Waals surface area contributed by atoms with Gasteiger partial charge in [0.25, 0.3) is 0 Å². The van der Waals surface area contributed by atoms with Crippen LogP contribution >= 0.6 is 27.3 Å². The predicted molar refractivity (Wildman–Crippen MR) is 86.0 cm³/mol. The van der Waals surface area contributed by atoms with Gasteiger partial charge in [0.2, 0.25) is 5.91 Å². The second kappa shape index (κ2) is 5.70. The molecule has 0 fully saturated rings. The lowest BCUT2D eigenvalue weighted by Gasteiger charge is -2.33. The van der Waals surface area contributed by atoms with Crippen LogP contribution in [0.5, 0.6) is 0 Å². The molecule has 0 aliphatic carbocycles. The molecule has 3 rings (SSSR count). The van der Waals surface area contributed by atoms with E-state index in [4.69, 9.17) is 0 Å². The van der Waals surface area contributed by atoms with E-state index < -0.39 is 0 Å². The van der Waals surface area contributed by atoms with Crippen LogP contribution in [-0.4, -0.2) is 17.4 Å². The fraction of sp³-hybridized carbons (Fsp3) is 0.312. The van der Waals surface area contributed by atoms with Crippen LogP contribution < -0.4 is 0 Å². The lowest BCUT2D eigenvalue weighted by molar-refractivity contribution is -0.133. The van der Waals surface area contributed by atoms with Crippen molar-refractivity contribution < 1.29 is 4.79 Å². The molecule has 20 heavy (non-hydrogen) atoms. The normalized spacial score (nSPS) is 17.9. The van der Waals surface area contributed by atoms with Gasteiger partial charge in [0.05, 0.1) is 12.5 Å². The van der Waals surface area contributed by atoms with E-state index in [1.54, 1.807) is 11.3 Å². The van der Waals surface area contributed by atoms with E-state index in [9.17, 15) is 4.79 Å². The minimum atomic E-state index is 0.202. The number of hydrogen-bond acceptors (Lipinski definition) is 2. The first-order valence-corrected chi connectivity index (χ1v) is 8.42. The highest BCUT2D eigenvalue weighted by molar-refractivity contribution is 9.10. The Kier molecular flexibility index (Phi) is 3.94. The third-order valence-corrected chi connectivity index (χ3v) is 5.39. The van der Waals surface area contributed by atoms with E-state index in [0.717, 1.165) is 23.0 Å². The van der Waals surface area contributed by atoms with Crippen LogP contribution in [0.2, 0.25) is 0 Å². The third kappa shape index (κ3) is 2.67. The largest absolute Gasteiger partial charge is 0.335 e. The van der Waals surface area contributed by atoms with Crippen molar-refractivity contribution in [1.29, 1.82) is 0 Å². The molecule has 1 aromatic heterocycles. The van der Waals surface area contributed by atoms with E-state index in [1.807, 2.05) is 29.2 Å². The lowest BCUT2D eigenvalue weighted by atomic mass is 10.0. The van der Waals surface area contributed by atoms with Crippen molar-refractivity contribution in [2.45, 2.75) is 25.8 Å². The number of carbonyl (C=O) groups is 1. The summed E-state index contributed by atoms with van der Waals surface area (Å²) >= 11 is 5.22. The van der Waals surface area contributed by atoms with Crippen LogP contribution in [-0.2, 0) is 17.6 Å². The van der Waals surface area contributed by atoms with Gasteiger partial charge in [0.1, 0.15) is 0 Å². The molecular weight excluding hydrogens is 334 g/mol. The summed E-state index contributed by atoms with van der Waals surface area (Å²) in [6, 6.07) is 10.3. The quantitative estimate of drug-likeness (QED) is 0.795. The summed E-state index contributed by atoms with van der Waals surface area (Å²) in [7, 11) is 0. The van der Waals surface area contributed by atoms with Gasteiger partial charge in [0, 0.05) is 15.9 Å². The van der Waals surface area contributed by atoms with Crippen molar-refractivity contribution in [2.75, 3.05) is 6.54 Å². The number of halogens is 1. The number of amides is 1. The zero-order chi connectivity index (χ0) is 14.1.